The summed E-state index contributed by atoms with van der Waals surface area (Å²) in [6.45, 7) is 12.9. The van der Waals surface area contributed by atoms with Gasteiger partial charge in [-0.3, -0.25) is 9.59 Å². The monoisotopic (exact) mass is 470 g/mol. The Bertz CT molecular complexity index is 1070. The van der Waals surface area contributed by atoms with E-state index in [1.807, 2.05) is 12.1 Å². The zero-order chi connectivity index (χ0) is 23.9. The first-order valence-electron chi connectivity index (χ1n) is 12.1. The molecule has 0 spiro atoms. The molecule has 0 amide bonds. The van der Waals surface area contributed by atoms with Gasteiger partial charge in [0.2, 0.25) is 0 Å². The lowest BCUT2D eigenvalue weighted by molar-refractivity contribution is -0.105. The molecule has 3 aliphatic carbocycles. The van der Waals surface area contributed by atoms with Crippen LogP contribution >= 0.6 is 11.6 Å². The molecule has 5 rings (SSSR count). The predicted molar refractivity (Wildman–Crippen MR) is 134 cm³/mol. The molecule has 2 aromatic rings. The Morgan fingerprint density at radius 3 is 2.45 bits per heavy atom. The molecular formula is C26H35ClN4O2. The Kier molecular flexibility index (Phi) is 6.59. The van der Waals surface area contributed by atoms with Gasteiger partial charge in [-0.15, -0.1) is 0 Å². The number of benzene rings is 1. The molecule has 1 N–H and O–H groups in total. The van der Waals surface area contributed by atoms with Gasteiger partial charge in [0.25, 0.3) is 5.56 Å². The fraction of sp³-hybridized carbons (Fsp3) is 0.577. The summed E-state index contributed by atoms with van der Waals surface area (Å²) in [4.78, 5) is 27.8. The molecule has 7 heteroatoms. The summed E-state index contributed by atoms with van der Waals surface area (Å²) >= 11 is 6.43. The molecule has 33 heavy (non-hydrogen) atoms. The molecule has 0 aliphatic heterocycles. The number of carbonyl (C=O) groups is 1. The summed E-state index contributed by atoms with van der Waals surface area (Å²) in [5.41, 5.74) is 2.14. The molecule has 4 atom stereocenters. The number of aromatic nitrogens is 2. The van der Waals surface area contributed by atoms with Gasteiger partial charge in [-0.05, 0) is 74.1 Å². The van der Waals surface area contributed by atoms with Gasteiger partial charge >= 0.3 is 0 Å². The van der Waals surface area contributed by atoms with Crippen LogP contribution in [0.3, 0.4) is 0 Å². The van der Waals surface area contributed by atoms with E-state index in [9.17, 15) is 9.59 Å². The van der Waals surface area contributed by atoms with Gasteiger partial charge < -0.3 is 10.2 Å². The van der Waals surface area contributed by atoms with Gasteiger partial charge in [0.1, 0.15) is 11.6 Å². The van der Waals surface area contributed by atoms with Crippen LogP contribution in [0.2, 0.25) is 5.02 Å². The third-order valence-corrected chi connectivity index (χ3v) is 8.66. The van der Waals surface area contributed by atoms with E-state index in [1.54, 1.807) is 18.3 Å². The van der Waals surface area contributed by atoms with Crippen LogP contribution in [0.15, 0.2) is 35.3 Å². The van der Waals surface area contributed by atoms with Crippen molar-refractivity contribution in [2.75, 3.05) is 23.3 Å². The van der Waals surface area contributed by atoms with Crippen LogP contribution in [-0.2, 0) is 6.54 Å². The highest BCUT2D eigenvalue weighted by Gasteiger charge is 2.56. The highest BCUT2D eigenvalue weighted by molar-refractivity contribution is 6.32. The number of carbonyl (C=O) groups excluding carboxylic acids is 1. The first kappa shape index (κ1) is 23.8. The number of anilines is 2. The van der Waals surface area contributed by atoms with E-state index in [2.05, 4.69) is 49.9 Å². The predicted octanol–water partition coefficient (Wildman–Crippen LogP) is 5.11. The quantitative estimate of drug-likeness (QED) is 0.543. The number of ketones is 1. The zero-order valence-electron chi connectivity index (χ0n) is 20.3. The molecule has 3 fully saturated rings. The number of nitrogens with one attached hydrogen (secondary N) is 1. The summed E-state index contributed by atoms with van der Waals surface area (Å²) in [5, 5.41) is 7.83. The third-order valence-electron chi connectivity index (χ3n) is 8.29. The molecule has 2 bridgehead atoms. The Labute approximate surface area is 201 Å². The van der Waals surface area contributed by atoms with Crippen LogP contribution < -0.4 is 15.8 Å². The minimum Gasteiger partial charge on any atom is -0.379 e. The van der Waals surface area contributed by atoms with Crippen molar-refractivity contribution in [1.29, 1.82) is 0 Å². The van der Waals surface area contributed by atoms with E-state index < -0.39 is 5.56 Å². The standard InChI is InChI=1S/C26H35ClN4O2/c1-6-30(7-2)19-10-8-17(9-11-19)23(32)15-31-25(33)24(27)22(14-28-31)29-21-13-18-12-20(16(21)3)26(18,4)5/h8-11,14,16,18,20-21,29H,6-7,12-13,15H2,1-5H3/t16?,18-,20+,21+/m0/s1. The molecule has 178 valence electrons. The number of halogens is 1. The van der Waals surface area contributed by atoms with Gasteiger partial charge in [0, 0.05) is 30.4 Å². The van der Waals surface area contributed by atoms with Crippen molar-refractivity contribution in [3.05, 3.63) is 51.4 Å². The Morgan fingerprint density at radius 1 is 1.21 bits per heavy atom. The fourth-order valence-corrected chi connectivity index (χ4v) is 6.09. The molecule has 1 aromatic heterocycles. The molecule has 0 saturated heterocycles. The van der Waals surface area contributed by atoms with Gasteiger partial charge in [-0.2, -0.15) is 5.10 Å². The molecule has 3 aliphatic rings. The van der Waals surface area contributed by atoms with E-state index in [0.29, 0.717) is 34.4 Å². The number of Topliss-reactive ketones (excluding diaryl/α,β-unsaturated/α-hetero) is 1. The second-order valence-corrected chi connectivity index (χ2v) is 10.6. The van der Waals surface area contributed by atoms with Gasteiger partial charge in [-0.1, -0.05) is 32.4 Å². The minimum absolute atomic E-state index is 0.0976. The number of hydrogen-bond acceptors (Lipinski definition) is 5. The summed E-state index contributed by atoms with van der Waals surface area (Å²) < 4.78 is 1.15. The average Bonchev–Trinajstić information content (AvgIpc) is 2.80. The molecule has 1 aromatic carbocycles. The summed E-state index contributed by atoms with van der Waals surface area (Å²) in [6.07, 6.45) is 3.95. The summed E-state index contributed by atoms with van der Waals surface area (Å²) in [6, 6.07) is 7.76. The highest BCUT2D eigenvalue weighted by atomic mass is 35.5. The van der Waals surface area contributed by atoms with Crippen molar-refractivity contribution in [1.82, 2.24) is 9.78 Å². The maximum Gasteiger partial charge on any atom is 0.288 e. The maximum absolute atomic E-state index is 12.8. The topological polar surface area (TPSA) is 67.2 Å². The molecule has 0 radical (unpaired) electrons. The number of rotatable bonds is 8. The SMILES string of the molecule is CCN(CC)c1ccc(C(=O)Cn2ncc(N[C@@H]3C[C@@H]4C[C@H](C3C)C4(C)C)c(Cl)c2=O)cc1. The van der Waals surface area contributed by atoms with Crippen molar-refractivity contribution in [2.24, 2.45) is 23.2 Å². The second-order valence-electron chi connectivity index (χ2n) is 10.2. The van der Waals surface area contributed by atoms with Crippen molar-refractivity contribution in [3.63, 3.8) is 0 Å². The van der Waals surface area contributed by atoms with Crippen LogP contribution in [0.1, 0.15) is 57.8 Å². The van der Waals surface area contributed by atoms with Crippen LogP contribution in [-0.4, -0.2) is 34.7 Å². The van der Waals surface area contributed by atoms with Crippen molar-refractivity contribution in [2.45, 2.75) is 60.0 Å². The summed E-state index contributed by atoms with van der Waals surface area (Å²) in [7, 11) is 0. The average molecular weight is 471 g/mol. The lowest BCUT2D eigenvalue weighted by Gasteiger charge is -2.62. The molecule has 3 saturated carbocycles. The molecule has 1 unspecified atom stereocenters. The smallest absolute Gasteiger partial charge is 0.288 e. The Balaban J connectivity index is 1.44. The van der Waals surface area contributed by atoms with E-state index in [-0.39, 0.29) is 23.4 Å². The van der Waals surface area contributed by atoms with E-state index in [0.717, 1.165) is 29.9 Å². The molecule has 1 heterocycles. The Morgan fingerprint density at radius 2 is 1.88 bits per heavy atom. The van der Waals surface area contributed by atoms with Crippen LogP contribution in [0.4, 0.5) is 11.4 Å². The molecular weight excluding hydrogens is 436 g/mol. The zero-order valence-corrected chi connectivity index (χ0v) is 21.0. The van der Waals surface area contributed by atoms with Gasteiger partial charge in [0.15, 0.2) is 5.78 Å². The normalized spacial score (nSPS) is 25.3. The number of hydrogen-bond donors (Lipinski definition) is 1. The number of nitrogens with zero attached hydrogens (tertiary/aromatic N) is 3. The summed E-state index contributed by atoms with van der Waals surface area (Å²) in [5.74, 6) is 1.72. The highest BCUT2D eigenvalue weighted by Crippen LogP contribution is 2.61. The first-order chi connectivity index (χ1) is 15.7. The van der Waals surface area contributed by atoms with Crippen molar-refractivity contribution >= 4 is 28.8 Å². The van der Waals surface area contributed by atoms with E-state index >= 15 is 0 Å². The third kappa shape index (κ3) is 4.30. The maximum atomic E-state index is 12.8. The van der Waals surface area contributed by atoms with Crippen LogP contribution in [0.25, 0.3) is 0 Å². The number of fused-ring (bicyclic) bond motifs is 2. The van der Waals surface area contributed by atoms with Crippen LogP contribution in [0, 0.1) is 23.2 Å². The Hall–Kier alpha value is -2.34. The lowest BCUT2D eigenvalue weighted by Crippen LogP contribution is -2.58. The fourth-order valence-electron chi connectivity index (χ4n) is 5.89. The van der Waals surface area contributed by atoms with Crippen LogP contribution in [0.5, 0.6) is 0 Å². The van der Waals surface area contributed by atoms with Crippen molar-refractivity contribution in [3.8, 4) is 0 Å². The largest absolute Gasteiger partial charge is 0.379 e. The van der Waals surface area contributed by atoms with Gasteiger partial charge in [0.05, 0.1) is 11.9 Å². The minimum atomic E-state index is -0.441. The van der Waals surface area contributed by atoms with E-state index in [4.69, 9.17) is 11.6 Å². The molecule has 6 nitrogen and oxygen atoms in total. The first-order valence-corrected chi connectivity index (χ1v) is 12.5. The van der Waals surface area contributed by atoms with Gasteiger partial charge in [-0.25, -0.2) is 4.68 Å². The van der Waals surface area contributed by atoms with Crippen molar-refractivity contribution < 1.29 is 4.79 Å². The van der Waals surface area contributed by atoms with E-state index in [1.165, 1.54) is 6.42 Å². The lowest BCUT2D eigenvalue weighted by atomic mass is 9.45. The second kappa shape index (κ2) is 9.13.